The molecule has 11 heteroatoms. The molecule has 0 aliphatic carbocycles. The smallest absolute Gasteiger partial charge is 0.253 e. The first-order valence-corrected chi connectivity index (χ1v) is 10.6. The van der Waals surface area contributed by atoms with Gasteiger partial charge in [0.25, 0.3) is 10.0 Å². The molecule has 2 heterocycles. The van der Waals surface area contributed by atoms with Gasteiger partial charge in [0.1, 0.15) is 0 Å². The molecule has 0 saturated heterocycles. The second-order valence-corrected chi connectivity index (χ2v) is 9.44. The fourth-order valence-corrected chi connectivity index (χ4v) is 5.41. The normalized spacial score (nSPS) is 11.6. The maximum absolute atomic E-state index is 12.4. The van der Waals surface area contributed by atoms with E-state index in [-0.39, 0.29) is 10.0 Å². The lowest BCUT2D eigenvalue weighted by molar-refractivity contribution is 0.601. The van der Waals surface area contributed by atoms with Crippen molar-refractivity contribution in [3.63, 3.8) is 0 Å². The summed E-state index contributed by atoms with van der Waals surface area (Å²) in [6.45, 7) is 0. The third kappa shape index (κ3) is 3.70. The number of anilines is 1. The number of rotatable bonds is 4. The van der Waals surface area contributed by atoms with Gasteiger partial charge in [0.05, 0.1) is 19.8 Å². The lowest BCUT2D eigenvalue weighted by Crippen LogP contribution is -2.12. The van der Waals surface area contributed by atoms with Crippen LogP contribution in [0.25, 0.3) is 9.88 Å². The van der Waals surface area contributed by atoms with Crippen LogP contribution in [0.2, 0.25) is 10.0 Å². The van der Waals surface area contributed by atoms with E-state index in [0.29, 0.717) is 19.5 Å². The zero-order valence-electron chi connectivity index (χ0n) is 11.0. The van der Waals surface area contributed by atoms with Gasteiger partial charge in [-0.3, -0.25) is 4.72 Å². The first-order chi connectivity index (χ1) is 10.9. The molecular formula is C12H6BrCl2N3O2S3. The molecule has 3 rings (SSSR count). The topological polar surface area (TPSA) is 72.0 Å². The van der Waals surface area contributed by atoms with Crippen molar-refractivity contribution in [2.24, 2.45) is 0 Å². The van der Waals surface area contributed by atoms with Gasteiger partial charge in [0, 0.05) is 4.47 Å². The molecule has 1 aromatic carbocycles. The van der Waals surface area contributed by atoms with E-state index in [1.54, 1.807) is 12.1 Å². The summed E-state index contributed by atoms with van der Waals surface area (Å²) in [5.41, 5.74) is 0. The molecule has 0 unspecified atom stereocenters. The minimum atomic E-state index is -3.80. The van der Waals surface area contributed by atoms with E-state index in [1.165, 1.54) is 23.5 Å². The van der Waals surface area contributed by atoms with Gasteiger partial charge in [0.15, 0.2) is 5.01 Å². The van der Waals surface area contributed by atoms with Gasteiger partial charge in [-0.25, -0.2) is 8.42 Å². The monoisotopic (exact) mass is 469 g/mol. The summed E-state index contributed by atoms with van der Waals surface area (Å²) in [4.78, 5) is 0.790. The Balaban J connectivity index is 1.88. The van der Waals surface area contributed by atoms with Gasteiger partial charge in [-0.05, 0) is 45.6 Å². The number of hydrogen-bond acceptors (Lipinski definition) is 6. The van der Waals surface area contributed by atoms with Gasteiger partial charge in [0.2, 0.25) is 5.13 Å². The Labute approximate surface area is 158 Å². The van der Waals surface area contributed by atoms with Crippen molar-refractivity contribution in [3.8, 4) is 9.88 Å². The Hall–Kier alpha value is -0.710. The van der Waals surface area contributed by atoms with Crippen LogP contribution in [0.3, 0.4) is 0 Å². The molecule has 3 aromatic rings. The van der Waals surface area contributed by atoms with Crippen LogP contribution >= 0.6 is 61.8 Å². The van der Waals surface area contributed by atoms with E-state index in [0.717, 1.165) is 16.2 Å². The van der Waals surface area contributed by atoms with Crippen molar-refractivity contribution in [1.29, 1.82) is 0 Å². The van der Waals surface area contributed by atoms with Crippen LogP contribution < -0.4 is 4.72 Å². The Morgan fingerprint density at radius 1 is 1.13 bits per heavy atom. The third-order valence-electron chi connectivity index (χ3n) is 2.66. The summed E-state index contributed by atoms with van der Waals surface area (Å²) in [7, 11) is -3.80. The van der Waals surface area contributed by atoms with Crippen LogP contribution in [0.1, 0.15) is 0 Å². The van der Waals surface area contributed by atoms with E-state index in [1.807, 2.05) is 5.38 Å². The molecule has 0 aliphatic heterocycles. The first-order valence-electron chi connectivity index (χ1n) is 5.91. The molecule has 5 nitrogen and oxygen atoms in total. The zero-order valence-corrected chi connectivity index (χ0v) is 16.5. The molecule has 0 spiro atoms. The van der Waals surface area contributed by atoms with Gasteiger partial charge < -0.3 is 0 Å². The van der Waals surface area contributed by atoms with E-state index in [2.05, 4.69) is 30.8 Å². The van der Waals surface area contributed by atoms with Gasteiger partial charge in [-0.15, -0.1) is 21.5 Å². The summed E-state index contributed by atoms with van der Waals surface area (Å²) >= 11 is 17.7. The Morgan fingerprint density at radius 3 is 2.57 bits per heavy atom. The number of nitrogens with zero attached hydrogens (tertiary/aromatic N) is 2. The maximum Gasteiger partial charge on any atom is 0.263 e. The fourth-order valence-electron chi connectivity index (χ4n) is 1.62. The van der Waals surface area contributed by atoms with Crippen molar-refractivity contribution in [1.82, 2.24) is 10.2 Å². The molecule has 0 fully saturated rings. The zero-order chi connectivity index (χ0) is 16.6. The lowest BCUT2D eigenvalue weighted by atomic mass is 10.4. The molecule has 0 bridgehead atoms. The number of nitrogens with one attached hydrogen (secondary N) is 1. The molecule has 0 radical (unpaired) electrons. The van der Waals surface area contributed by atoms with E-state index in [4.69, 9.17) is 23.2 Å². The Kier molecular flexibility index (Phi) is 4.96. The average Bonchev–Trinajstić information content (AvgIpc) is 3.10. The quantitative estimate of drug-likeness (QED) is 0.573. The summed E-state index contributed by atoms with van der Waals surface area (Å²) in [6.07, 6.45) is 0. The molecule has 0 saturated carbocycles. The Morgan fingerprint density at radius 2 is 1.91 bits per heavy atom. The van der Waals surface area contributed by atoms with Crippen molar-refractivity contribution in [3.05, 3.63) is 44.2 Å². The molecule has 0 amide bonds. The van der Waals surface area contributed by atoms with Crippen LogP contribution in [0.15, 0.2) is 39.0 Å². The third-order valence-corrected chi connectivity index (χ3v) is 7.69. The van der Waals surface area contributed by atoms with Crippen molar-refractivity contribution >= 4 is 77.0 Å². The molecular weight excluding hydrogens is 465 g/mol. The number of aromatic nitrogens is 2. The highest BCUT2D eigenvalue weighted by molar-refractivity contribution is 9.10. The van der Waals surface area contributed by atoms with Gasteiger partial charge >= 0.3 is 0 Å². The molecule has 120 valence electrons. The fraction of sp³-hybridized carbons (Fsp3) is 0. The van der Waals surface area contributed by atoms with Gasteiger partial charge in [-0.2, -0.15) is 0 Å². The maximum atomic E-state index is 12.4. The number of halogens is 3. The van der Waals surface area contributed by atoms with E-state index < -0.39 is 10.0 Å². The largest absolute Gasteiger partial charge is 0.263 e. The number of sulfonamides is 1. The minimum absolute atomic E-state index is 0.0385. The summed E-state index contributed by atoms with van der Waals surface area (Å²) in [5.74, 6) is 0. The summed E-state index contributed by atoms with van der Waals surface area (Å²) in [6, 6.07) is 6.10. The van der Waals surface area contributed by atoms with Crippen molar-refractivity contribution in [2.45, 2.75) is 4.90 Å². The first kappa shape index (κ1) is 17.1. The second-order valence-electron chi connectivity index (χ2n) is 4.19. The van der Waals surface area contributed by atoms with E-state index in [9.17, 15) is 8.42 Å². The summed E-state index contributed by atoms with van der Waals surface area (Å²) < 4.78 is 27.7. The molecule has 2 aromatic heterocycles. The number of benzene rings is 1. The molecule has 0 aliphatic rings. The highest BCUT2D eigenvalue weighted by atomic mass is 79.9. The SMILES string of the molecule is O=S(=O)(Nc1nnc(-c2sccc2Cl)s1)c1ccc(Br)c(Cl)c1. The molecule has 23 heavy (non-hydrogen) atoms. The molecule has 1 N–H and O–H groups in total. The standard InChI is InChI=1S/C12H6BrCl2N3O2S3/c13-7-2-1-6(5-9(7)15)23(19,20)18-12-17-16-11(22-12)10-8(14)3-4-21-10/h1-5H,(H,17,18). The van der Waals surface area contributed by atoms with Gasteiger partial charge in [-0.1, -0.05) is 34.5 Å². The Bertz CT molecular complexity index is 972. The van der Waals surface area contributed by atoms with Crippen LogP contribution in [0.4, 0.5) is 5.13 Å². The molecule has 0 atom stereocenters. The lowest BCUT2D eigenvalue weighted by Gasteiger charge is -2.05. The highest BCUT2D eigenvalue weighted by Gasteiger charge is 2.19. The van der Waals surface area contributed by atoms with Crippen LogP contribution in [-0.2, 0) is 10.0 Å². The summed E-state index contributed by atoms with van der Waals surface area (Å²) in [5, 5.41) is 11.2. The van der Waals surface area contributed by atoms with Crippen LogP contribution in [0.5, 0.6) is 0 Å². The predicted molar refractivity (Wildman–Crippen MR) is 98.2 cm³/mol. The predicted octanol–water partition coefficient (Wildman–Crippen LogP) is 5.14. The van der Waals surface area contributed by atoms with Crippen molar-refractivity contribution < 1.29 is 8.42 Å². The highest BCUT2D eigenvalue weighted by Crippen LogP contribution is 2.36. The van der Waals surface area contributed by atoms with Crippen molar-refractivity contribution in [2.75, 3.05) is 4.72 Å². The second kappa shape index (κ2) is 6.66. The van der Waals surface area contributed by atoms with E-state index >= 15 is 0 Å². The number of thiophene rings is 1. The van der Waals surface area contributed by atoms with Crippen LogP contribution in [0, 0.1) is 0 Å². The number of hydrogen-bond donors (Lipinski definition) is 1. The average molecular weight is 471 g/mol. The van der Waals surface area contributed by atoms with Crippen LogP contribution in [-0.4, -0.2) is 18.6 Å². The minimum Gasteiger partial charge on any atom is -0.253 e.